The van der Waals surface area contributed by atoms with E-state index in [4.69, 9.17) is 9.26 Å². The third kappa shape index (κ3) is 4.73. The molecule has 2 aromatic rings. The summed E-state index contributed by atoms with van der Waals surface area (Å²) >= 11 is 0. The van der Waals surface area contributed by atoms with Crippen molar-refractivity contribution < 1.29 is 14.1 Å². The van der Waals surface area contributed by atoms with Crippen LogP contribution in [-0.2, 0) is 6.54 Å². The standard InChI is InChI=1S/C17H24N4O3/c1-12-9-13(20-24-12)10-18-17(22)19-11-15(21(2)3)14-7-5-6-8-16(14)23-4/h5-9,15H,10-11H2,1-4H3,(H2,18,19,22)/t15-/m1/s1. The van der Waals surface area contributed by atoms with Crippen molar-refractivity contribution in [2.75, 3.05) is 27.7 Å². The molecule has 0 fully saturated rings. The summed E-state index contributed by atoms with van der Waals surface area (Å²) in [5.41, 5.74) is 1.72. The van der Waals surface area contributed by atoms with E-state index in [-0.39, 0.29) is 12.1 Å². The van der Waals surface area contributed by atoms with Gasteiger partial charge in [-0.1, -0.05) is 23.4 Å². The number of aromatic nitrogens is 1. The van der Waals surface area contributed by atoms with Crippen LogP contribution in [-0.4, -0.2) is 43.8 Å². The molecule has 2 amide bonds. The van der Waals surface area contributed by atoms with Crippen molar-refractivity contribution in [3.8, 4) is 5.75 Å². The topological polar surface area (TPSA) is 79.6 Å². The number of benzene rings is 1. The summed E-state index contributed by atoms with van der Waals surface area (Å²) in [4.78, 5) is 14.0. The van der Waals surface area contributed by atoms with E-state index in [1.165, 1.54) is 0 Å². The number of likely N-dealkylation sites (N-methyl/N-ethyl adjacent to an activating group) is 1. The minimum absolute atomic E-state index is 0.00111. The fraction of sp³-hybridized carbons (Fsp3) is 0.412. The van der Waals surface area contributed by atoms with E-state index < -0.39 is 0 Å². The summed E-state index contributed by atoms with van der Waals surface area (Å²) in [5, 5.41) is 9.49. The van der Waals surface area contributed by atoms with Gasteiger partial charge in [-0.25, -0.2) is 4.79 Å². The number of nitrogens with one attached hydrogen (secondary N) is 2. The maximum Gasteiger partial charge on any atom is 0.315 e. The lowest BCUT2D eigenvalue weighted by Gasteiger charge is -2.26. The van der Waals surface area contributed by atoms with Gasteiger partial charge in [-0.05, 0) is 27.1 Å². The van der Waals surface area contributed by atoms with Crippen molar-refractivity contribution in [3.63, 3.8) is 0 Å². The van der Waals surface area contributed by atoms with E-state index in [9.17, 15) is 4.79 Å². The molecule has 0 unspecified atom stereocenters. The minimum Gasteiger partial charge on any atom is -0.496 e. The normalized spacial score (nSPS) is 12.0. The SMILES string of the molecule is COc1ccccc1[C@@H](CNC(=O)NCc1cc(C)on1)N(C)C. The Morgan fingerprint density at radius 2 is 2.08 bits per heavy atom. The van der Waals surface area contributed by atoms with Crippen molar-refractivity contribution in [3.05, 3.63) is 47.3 Å². The van der Waals surface area contributed by atoms with Crippen LogP contribution in [0.25, 0.3) is 0 Å². The van der Waals surface area contributed by atoms with Crippen molar-refractivity contribution in [2.45, 2.75) is 19.5 Å². The Kier molecular flexibility index (Phi) is 6.20. The van der Waals surface area contributed by atoms with Crippen LogP contribution in [0.15, 0.2) is 34.9 Å². The lowest BCUT2D eigenvalue weighted by Crippen LogP contribution is -2.40. The summed E-state index contributed by atoms with van der Waals surface area (Å²) in [7, 11) is 5.58. The zero-order valence-corrected chi connectivity index (χ0v) is 14.5. The number of hydrogen-bond acceptors (Lipinski definition) is 5. The number of carbonyl (C=O) groups is 1. The molecule has 0 saturated heterocycles. The molecule has 2 rings (SSSR count). The number of rotatable bonds is 7. The van der Waals surface area contributed by atoms with Gasteiger partial charge in [0.05, 0.1) is 19.7 Å². The molecule has 0 aliphatic carbocycles. The van der Waals surface area contributed by atoms with Gasteiger partial charge in [-0.15, -0.1) is 0 Å². The average molecular weight is 332 g/mol. The fourth-order valence-corrected chi connectivity index (χ4v) is 2.44. The predicted octanol–water partition coefficient (Wildman–Crippen LogP) is 2.09. The highest BCUT2D eigenvalue weighted by atomic mass is 16.5. The first kappa shape index (κ1) is 17.8. The highest BCUT2D eigenvalue weighted by Crippen LogP contribution is 2.27. The molecule has 0 saturated carbocycles. The quantitative estimate of drug-likeness (QED) is 0.812. The van der Waals surface area contributed by atoms with Crippen molar-refractivity contribution in [2.24, 2.45) is 0 Å². The first-order valence-corrected chi connectivity index (χ1v) is 7.74. The van der Waals surface area contributed by atoms with Crippen molar-refractivity contribution >= 4 is 6.03 Å². The maximum absolute atomic E-state index is 12.0. The minimum atomic E-state index is -0.252. The second-order valence-electron chi connectivity index (χ2n) is 5.71. The average Bonchev–Trinajstić information content (AvgIpc) is 2.98. The second kappa shape index (κ2) is 8.35. The van der Waals surface area contributed by atoms with Crippen LogP contribution >= 0.6 is 0 Å². The number of amides is 2. The number of ether oxygens (including phenoxy) is 1. The van der Waals surface area contributed by atoms with Crippen molar-refractivity contribution in [1.82, 2.24) is 20.7 Å². The highest BCUT2D eigenvalue weighted by Gasteiger charge is 2.19. The number of nitrogens with zero attached hydrogens (tertiary/aromatic N) is 2. The summed E-state index contributed by atoms with van der Waals surface area (Å²) in [6.45, 7) is 2.59. The smallest absolute Gasteiger partial charge is 0.315 e. The summed E-state index contributed by atoms with van der Waals surface area (Å²) in [5.74, 6) is 1.52. The zero-order chi connectivity index (χ0) is 17.5. The van der Waals surface area contributed by atoms with Gasteiger partial charge >= 0.3 is 6.03 Å². The molecule has 1 aromatic carbocycles. The third-order valence-electron chi connectivity index (χ3n) is 3.68. The summed E-state index contributed by atoms with van der Waals surface area (Å²) < 4.78 is 10.4. The molecule has 1 aromatic heterocycles. The Morgan fingerprint density at radius 3 is 2.71 bits per heavy atom. The lowest BCUT2D eigenvalue weighted by molar-refractivity contribution is 0.231. The van der Waals surface area contributed by atoms with Crippen LogP contribution in [0.2, 0.25) is 0 Å². The molecule has 0 aliphatic rings. The van der Waals surface area contributed by atoms with Gasteiger partial charge < -0.3 is 24.8 Å². The second-order valence-corrected chi connectivity index (χ2v) is 5.71. The van der Waals surface area contributed by atoms with Gasteiger partial charge in [0.25, 0.3) is 0 Å². The number of carbonyl (C=O) groups excluding carboxylic acids is 1. The van der Waals surface area contributed by atoms with Crippen molar-refractivity contribution in [1.29, 1.82) is 0 Å². The molecule has 2 N–H and O–H groups in total. The van der Waals surface area contributed by atoms with Gasteiger partial charge in [0.15, 0.2) is 0 Å². The first-order chi connectivity index (χ1) is 11.5. The van der Waals surface area contributed by atoms with Gasteiger partial charge in [0.2, 0.25) is 0 Å². The molecule has 24 heavy (non-hydrogen) atoms. The Balaban J connectivity index is 1.92. The van der Waals surface area contributed by atoms with E-state index in [0.717, 1.165) is 17.1 Å². The third-order valence-corrected chi connectivity index (χ3v) is 3.68. The maximum atomic E-state index is 12.0. The van der Waals surface area contributed by atoms with E-state index in [1.807, 2.05) is 50.2 Å². The highest BCUT2D eigenvalue weighted by molar-refractivity contribution is 5.73. The molecule has 0 radical (unpaired) electrons. The summed E-state index contributed by atoms with van der Waals surface area (Å²) in [6, 6.07) is 9.34. The number of methoxy groups -OCH3 is 1. The van der Waals surface area contributed by atoms with Crippen LogP contribution in [0.3, 0.4) is 0 Å². The van der Waals surface area contributed by atoms with E-state index >= 15 is 0 Å². The molecule has 1 atom stereocenters. The van der Waals surface area contributed by atoms with Crippen LogP contribution in [0.5, 0.6) is 5.75 Å². The molecule has 0 bridgehead atoms. The lowest BCUT2D eigenvalue weighted by atomic mass is 10.0. The Morgan fingerprint density at radius 1 is 1.33 bits per heavy atom. The molecular weight excluding hydrogens is 308 g/mol. The Labute approximate surface area is 142 Å². The number of urea groups is 1. The van der Waals surface area contributed by atoms with Crippen LogP contribution in [0.4, 0.5) is 4.79 Å². The molecule has 1 heterocycles. The van der Waals surface area contributed by atoms with E-state index in [2.05, 4.69) is 15.8 Å². The monoisotopic (exact) mass is 332 g/mol. The molecule has 130 valence electrons. The van der Waals surface area contributed by atoms with Crippen LogP contribution in [0.1, 0.15) is 23.1 Å². The largest absolute Gasteiger partial charge is 0.496 e. The molecule has 0 aliphatic heterocycles. The zero-order valence-electron chi connectivity index (χ0n) is 14.5. The molecular formula is C17H24N4O3. The van der Waals surface area contributed by atoms with Gasteiger partial charge in [0.1, 0.15) is 17.2 Å². The van der Waals surface area contributed by atoms with Gasteiger partial charge in [-0.2, -0.15) is 0 Å². The van der Waals surface area contributed by atoms with Crippen LogP contribution in [0, 0.1) is 6.92 Å². The van der Waals surface area contributed by atoms with Gasteiger partial charge in [-0.3, -0.25) is 0 Å². The Bertz CT molecular complexity index is 669. The number of hydrogen-bond donors (Lipinski definition) is 2. The first-order valence-electron chi connectivity index (χ1n) is 7.74. The molecule has 7 nitrogen and oxygen atoms in total. The van der Waals surface area contributed by atoms with E-state index in [1.54, 1.807) is 13.2 Å². The summed E-state index contributed by atoms with van der Waals surface area (Å²) in [6.07, 6.45) is 0. The van der Waals surface area contributed by atoms with E-state index in [0.29, 0.717) is 18.8 Å². The van der Waals surface area contributed by atoms with Gasteiger partial charge in [0, 0.05) is 18.2 Å². The fourth-order valence-electron chi connectivity index (χ4n) is 2.44. The predicted molar refractivity (Wildman–Crippen MR) is 90.9 cm³/mol. The molecule has 0 spiro atoms. The number of para-hydroxylation sites is 1. The van der Waals surface area contributed by atoms with Crippen LogP contribution < -0.4 is 15.4 Å². The number of aryl methyl sites for hydroxylation is 1. The molecule has 7 heteroatoms. The Hall–Kier alpha value is -2.54.